The third kappa shape index (κ3) is 5.28. The molecule has 2 heterocycles. The van der Waals surface area contributed by atoms with Crippen LogP contribution in [0.25, 0.3) is 0 Å². The molecule has 6 heteroatoms. The van der Waals surface area contributed by atoms with E-state index < -0.39 is 0 Å². The van der Waals surface area contributed by atoms with Gasteiger partial charge in [-0.05, 0) is 49.2 Å². The summed E-state index contributed by atoms with van der Waals surface area (Å²) < 4.78 is 5.89. The van der Waals surface area contributed by atoms with Gasteiger partial charge in [-0.2, -0.15) is 0 Å². The molecule has 4 nitrogen and oxygen atoms in total. The Kier molecular flexibility index (Phi) is 7.16. The van der Waals surface area contributed by atoms with Gasteiger partial charge >= 0.3 is 0 Å². The van der Waals surface area contributed by atoms with Crippen LogP contribution in [0.4, 0.5) is 0 Å². The molecule has 0 N–H and O–H groups in total. The molecule has 2 atom stereocenters. The van der Waals surface area contributed by atoms with Gasteiger partial charge in [0.2, 0.25) is 0 Å². The molecule has 0 amide bonds. The van der Waals surface area contributed by atoms with Crippen LogP contribution >= 0.6 is 22.9 Å². The normalized spacial score (nSPS) is 18.1. The summed E-state index contributed by atoms with van der Waals surface area (Å²) in [6, 6.07) is 17.4. The van der Waals surface area contributed by atoms with Crippen LogP contribution < -0.4 is 4.74 Å². The molecule has 1 saturated heterocycles. The maximum atomic E-state index is 11.9. The zero-order valence-corrected chi connectivity index (χ0v) is 18.3. The van der Waals surface area contributed by atoms with Crippen LogP contribution in [-0.2, 0) is 11.2 Å². The second-order valence-electron chi connectivity index (χ2n) is 7.55. The van der Waals surface area contributed by atoms with E-state index in [-0.39, 0.29) is 12.1 Å². The Morgan fingerprint density at radius 3 is 2.73 bits per heavy atom. The number of carbonyl (C=O) groups is 1. The summed E-state index contributed by atoms with van der Waals surface area (Å²) >= 11 is 7.67. The highest BCUT2D eigenvalue weighted by Crippen LogP contribution is 2.33. The molecule has 30 heavy (non-hydrogen) atoms. The van der Waals surface area contributed by atoms with E-state index in [0.717, 1.165) is 60.0 Å². The number of para-hydroxylation sites is 1. The van der Waals surface area contributed by atoms with Gasteiger partial charge < -0.3 is 9.53 Å². The Bertz CT molecular complexity index is 945. The number of carbonyl (C=O) groups excluding carboxylic acids is 1. The zero-order chi connectivity index (χ0) is 20.8. The quantitative estimate of drug-likeness (QED) is 0.430. The molecule has 1 fully saturated rings. The molecule has 0 bridgehead atoms. The summed E-state index contributed by atoms with van der Waals surface area (Å²) in [7, 11) is 0. The summed E-state index contributed by atoms with van der Waals surface area (Å²) in [5.74, 6) is 0.789. The monoisotopic (exact) mass is 440 g/mol. The number of likely N-dealkylation sites (tertiary alicyclic amines) is 1. The minimum absolute atomic E-state index is 0.156. The first-order valence-corrected chi connectivity index (χ1v) is 11.6. The molecular weight excluding hydrogens is 416 g/mol. The zero-order valence-electron chi connectivity index (χ0n) is 16.7. The summed E-state index contributed by atoms with van der Waals surface area (Å²) in [5.41, 5.74) is 2.26. The van der Waals surface area contributed by atoms with Crippen molar-refractivity contribution in [3.63, 3.8) is 0 Å². The molecule has 1 aliphatic rings. The van der Waals surface area contributed by atoms with E-state index in [0.29, 0.717) is 6.61 Å². The average molecular weight is 441 g/mol. The van der Waals surface area contributed by atoms with E-state index in [1.165, 1.54) is 5.56 Å². The maximum Gasteiger partial charge on any atom is 0.140 e. The molecule has 156 valence electrons. The molecule has 2 unspecified atom stereocenters. The largest absolute Gasteiger partial charge is 0.491 e. The Morgan fingerprint density at radius 1 is 1.17 bits per heavy atom. The number of hydrogen-bond acceptors (Lipinski definition) is 5. The maximum absolute atomic E-state index is 11.9. The second-order valence-corrected chi connectivity index (χ2v) is 8.93. The SMILES string of the molecule is O=CC(COc1ccccc1)N1CCCCC1c1csc(Cc2ccc(Cl)cc2)n1. The van der Waals surface area contributed by atoms with E-state index in [9.17, 15) is 4.79 Å². The van der Waals surface area contributed by atoms with Crippen molar-refractivity contribution in [3.05, 3.63) is 81.3 Å². The molecule has 4 rings (SSSR count). The van der Waals surface area contributed by atoms with Crippen molar-refractivity contribution in [3.8, 4) is 5.75 Å². The van der Waals surface area contributed by atoms with Crippen molar-refractivity contribution in [2.75, 3.05) is 13.2 Å². The van der Waals surface area contributed by atoms with Gasteiger partial charge in [-0.15, -0.1) is 11.3 Å². The van der Waals surface area contributed by atoms with E-state index >= 15 is 0 Å². The highest BCUT2D eigenvalue weighted by Gasteiger charge is 2.31. The standard InChI is InChI=1S/C24H25ClN2O2S/c25-19-11-9-18(10-12-19)14-24-26-22(17-30-24)23-8-4-5-13-27(23)20(15-28)16-29-21-6-2-1-3-7-21/h1-3,6-7,9-12,15,17,20,23H,4-5,8,13-14,16H2. The molecule has 0 spiro atoms. The van der Waals surface area contributed by atoms with Crippen molar-refractivity contribution in [1.82, 2.24) is 9.88 Å². The predicted octanol–water partition coefficient (Wildman–Crippen LogP) is 5.56. The molecule has 0 radical (unpaired) electrons. The molecular formula is C24H25ClN2O2S. The lowest BCUT2D eigenvalue weighted by atomic mass is 9.98. The highest BCUT2D eigenvalue weighted by molar-refractivity contribution is 7.09. The minimum atomic E-state index is -0.281. The number of rotatable bonds is 8. The molecule has 1 aliphatic heterocycles. The Hall–Kier alpha value is -2.21. The van der Waals surface area contributed by atoms with Crippen LogP contribution in [0.15, 0.2) is 60.0 Å². The Morgan fingerprint density at radius 2 is 1.97 bits per heavy atom. The Balaban J connectivity index is 1.45. The lowest BCUT2D eigenvalue weighted by Crippen LogP contribution is -2.45. The number of aldehydes is 1. The van der Waals surface area contributed by atoms with Crippen LogP contribution in [0.3, 0.4) is 0 Å². The fourth-order valence-corrected chi connectivity index (χ4v) is 4.92. The first kappa shape index (κ1) is 21.0. The van der Waals surface area contributed by atoms with Crippen molar-refractivity contribution < 1.29 is 9.53 Å². The number of piperidine rings is 1. The van der Waals surface area contributed by atoms with Crippen molar-refractivity contribution in [1.29, 1.82) is 0 Å². The van der Waals surface area contributed by atoms with Gasteiger partial charge in [0.25, 0.3) is 0 Å². The first-order chi connectivity index (χ1) is 14.7. The number of thiazole rings is 1. The summed E-state index contributed by atoms with van der Waals surface area (Å²) in [5, 5.41) is 3.98. The Labute approximate surface area is 186 Å². The van der Waals surface area contributed by atoms with Gasteiger partial charge in [0.1, 0.15) is 24.7 Å². The summed E-state index contributed by atoms with van der Waals surface area (Å²) in [4.78, 5) is 19.1. The molecule has 3 aromatic rings. The van der Waals surface area contributed by atoms with Crippen LogP contribution in [0.5, 0.6) is 5.75 Å². The number of ether oxygens (including phenoxy) is 1. The second kappa shape index (κ2) is 10.2. The number of nitrogens with zero attached hydrogens (tertiary/aromatic N) is 2. The van der Waals surface area contributed by atoms with Crippen LogP contribution in [0.1, 0.15) is 41.6 Å². The number of aromatic nitrogens is 1. The van der Waals surface area contributed by atoms with Crippen LogP contribution in [0.2, 0.25) is 5.02 Å². The molecule has 0 saturated carbocycles. The predicted molar refractivity (Wildman–Crippen MR) is 121 cm³/mol. The lowest BCUT2D eigenvalue weighted by molar-refractivity contribution is -0.115. The first-order valence-electron chi connectivity index (χ1n) is 10.3. The van der Waals surface area contributed by atoms with Crippen molar-refractivity contribution >= 4 is 29.2 Å². The van der Waals surface area contributed by atoms with Crippen LogP contribution in [0, 0.1) is 0 Å². The van der Waals surface area contributed by atoms with E-state index in [1.807, 2.05) is 54.6 Å². The van der Waals surface area contributed by atoms with Gasteiger partial charge in [-0.3, -0.25) is 4.90 Å². The summed E-state index contributed by atoms with van der Waals surface area (Å²) in [6.07, 6.45) is 5.06. The van der Waals surface area contributed by atoms with Gasteiger partial charge in [0.15, 0.2) is 0 Å². The smallest absolute Gasteiger partial charge is 0.140 e. The van der Waals surface area contributed by atoms with Crippen molar-refractivity contribution in [2.24, 2.45) is 0 Å². The lowest BCUT2D eigenvalue weighted by Gasteiger charge is -2.38. The summed E-state index contributed by atoms with van der Waals surface area (Å²) in [6.45, 7) is 1.24. The fourth-order valence-electron chi connectivity index (χ4n) is 3.92. The molecule has 2 aromatic carbocycles. The van der Waals surface area contributed by atoms with Gasteiger partial charge in [-0.25, -0.2) is 4.98 Å². The third-order valence-corrected chi connectivity index (χ3v) is 6.59. The molecule has 1 aromatic heterocycles. The fraction of sp³-hybridized carbons (Fsp3) is 0.333. The number of benzene rings is 2. The third-order valence-electron chi connectivity index (χ3n) is 5.47. The van der Waals surface area contributed by atoms with Crippen molar-refractivity contribution in [2.45, 2.75) is 37.8 Å². The van der Waals surface area contributed by atoms with Gasteiger partial charge in [0, 0.05) is 16.8 Å². The molecule has 0 aliphatic carbocycles. The van der Waals surface area contributed by atoms with Gasteiger partial charge in [-0.1, -0.05) is 48.4 Å². The van der Waals surface area contributed by atoms with E-state index in [4.69, 9.17) is 21.3 Å². The number of hydrogen-bond donors (Lipinski definition) is 0. The topological polar surface area (TPSA) is 42.4 Å². The van der Waals surface area contributed by atoms with Gasteiger partial charge in [0.05, 0.1) is 16.7 Å². The number of halogens is 1. The highest BCUT2D eigenvalue weighted by atomic mass is 35.5. The minimum Gasteiger partial charge on any atom is -0.491 e. The van der Waals surface area contributed by atoms with Crippen LogP contribution in [-0.4, -0.2) is 35.4 Å². The van der Waals surface area contributed by atoms with E-state index in [2.05, 4.69) is 10.3 Å². The average Bonchev–Trinajstić information content (AvgIpc) is 3.25. The van der Waals surface area contributed by atoms with E-state index in [1.54, 1.807) is 11.3 Å².